The normalized spacial score (nSPS) is 22.0. The third-order valence-electron chi connectivity index (χ3n) is 0.754. The predicted molar refractivity (Wildman–Crippen MR) is 45.6 cm³/mol. The van der Waals surface area contributed by atoms with E-state index in [9.17, 15) is 0 Å². The maximum absolute atomic E-state index is 7.57. The molecule has 0 N–H and O–H groups in total. The van der Waals surface area contributed by atoms with E-state index in [-0.39, 0.29) is 0 Å². The first-order valence-electron chi connectivity index (χ1n) is 6.13. The van der Waals surface area contributed by atoms with Crippen LogP contribution in [0.5, 0.6) is 6.01 Å². The Labute approximate surface area is 89.7 Å². The lowest BCUT2D eigenvalue weighted by Gasteiger charge is -2.06. The summed E-state index contributed by atoms with van der Waals surface area (Å²) >= 11 is 10.9. The number of ether oxygens (including phenoxy) is 1. The highest BCUT2D eigenvalue weighted by Crippen LogP contribution is 2.12. The first-order valence-corrected chi connectivity index (χ1v) is 3.38. The molecule has 12 heavy (non-hydrogen) atoms. The molecule has 66 valence electrons. The van der Waals surface area contributed by atoms with Crippen LogP contribution in [-0.2, 0) is 0 Å². The molecule has 1 heterocycles. The number of hydrogen-bond acceptors (Lipinski definition) is 4. The van der Waals surface area contributed by atoms with Gasteiger partial charge in [-0.15, -0.1) is 0 Å². The van der Waals surface area contributed by atoms with Gasteiger partial charge in [0.25, 0.3) is 0 Å². The molecular formula is C6H7Cl2N3O. The van der Waals surface area contributed by atoms with Crippen molar-refractivity contribution in [2.45, 2.75) is 19.8 Å². The van der Waals surface area contributed by atoms with Crippen LogP contribution in [0.15, 0.2) is 0 Å². The van der Waals surface area contributed by atoms with E-state index in [0.29, 0.717) is 0 Å². The number of rotatable bonds is 2. The first kappa shape index (κ1) is 3.64. The van der Waals surface area contributed by atoms with Crippen molar-refractivity contribution in [3.63, 3.8) is 0 Å². The molecule has 4 nitrogen and oxygen atoms in total. The summed E-state index contributed by atoms with van der Waals surface area (Å²) in [5.74, 6) is 0. The third kappa shape index (κ3) is 2.79. The Balaban J connectivity index is 3.23. The molecular weight excluding hydrogens is 201 g/mol. The van der Waals surface area contributed by atoms with Gasteiger partial charge in [0, 0.05) is 8.22 Å². The lowest BCUT2D eigenvalue weighted by atomic mass is 10.5. The first-order chi connectivity index (χ1) is 8.37. The molecule has 0 saturated carbocycles. The number of hydrogen-bond donors (Lipinski definition) is 0. The quantitative estimate of drug-likeness (QED) is 0.756. The summed E-state index contributed by atoms with van der Waals surface area (Å²) in [7, 11) is 0. The standard InChI is InChI=1S/C6H7Cl2N3O/c1-3(2)12-6-10-4(7)9-5(8)11-6/h3H,1-2H3/i1D3,2D3,3D. The second kappa shape index (κ2) is 3.87. The fourth-order valence-corrected chi connectivity index (χ4v) is 0.794. The van der Waals surface area contributed by atoms with Gasteiger partial charge in [0.1, 0.15) is 0 Å². The Morgan fingerprint density at radius 2 is 1.92 bits per heavy atom. The molecule has 0 aliphatic heterocycles. The summed E-state index contributed by atoms with van der Waals surface area (Å²) in [5.41, 5.74) is 0. The maximum Gasteiger partial charge on any atom is 0.322 e. The summed E-state index contributed by atoms with van der Waals surface area (Å²) < 4.78 is 54.9. The molecule has 0 aliphatic carbocycles. The van der Waals surface area contributed by atoms with Crippen LogP contribution in [-0.4, -0.2) is 21.0 Å². The molecule has 0 aliphatic rings. The Bertz CT molecular complexity index is 443. The van der Waals surface area contributed by atoms with Gasteiger partial charge in [-0.25, -0.2) is 0 Å². The monoisotopic (exact) mass is 214 g/mol. The average Bonchev–Trinajstić information content (AvgIpc) is 2.11. The molecule has 0 unspecified atom stereocenters. The lowest BCUT2D eigenvalue weighted by Crippen LogP contribution is -2.09. The van der Waals surface area contributed by atoms with E-state index >= 15 is 0 Å². The molecule has 0 saturated heterocycles. The second-order valence-corrected chi connectivity index (χ2v) is 2.26. The Kier molecular flexibility index (Phi) is 1.17. The zero-order valence-corrected chi connectivity index (χ0v) is 7.02. The summed E-state index contributed by atoms with van der Waals surface area (Å²) in [4.78, 5) is 10.1. The van der Waals surface area contributed by atoms with Crippen LogP contribution in [0, 0.1) is 0 Å². The van der Waals surface area contributed by atoms with Gasteiger partial charge >= 0.3 is 6.01 Å². The van der Waals surface area contributed by atoms with E-state index in [1.807, 2.05) is 0 Å². The Hall–Kier alpha value is -0.610. The molecule has 0 fully saturated rings. The van der Waals surface area contributed by atoms with Crippen molar-refractivity contribution in [3.05, 3.63) is 10.6 Å². The van der Waals surface area contributed by atoms with Crippen molar-refractivity contribution in [2.24, 2.45) is 0 Å². The Morgan fingerprint density at radius 3 is 2.42 bits per heavy atom. The lowest BCUT2D eigenvalue weighted by molar-refractivity contribution is 0.221. The fourth-order valence-electron chi connectivity index (χ4n) is 0.446. The van der Waals surface area contributed by atoms with E-state index in [0.717, 1.165) is 0 Å². The topological polar surface area (TPSA) is 47.9 Å². The highest BCUT2D eigenvalue weighted by atomic mass is 35.5. The maximum atomic E-state index is 7.57. The summed E-state index contributed by atoms with van der Waals surface area (Å²) in [6.07, 6.45) is -3.26. The van der Waals surface area contributed by atoms with Crippen molar-refractivity contribution >= 4 is 23.2 Å². The molecule has 1 rings (SSSR count). The van der Waals surface area contributed by atoms with Crippen molar-refractivity contribution in [1.29, 1.82) is 0 Å². The predicted octanol–water partition coefficient (Wildman–Crippen LogP) is 1.97. The fraction of sp³-hybridized carbons (Fsp3) is 0.500. The van der Waals surface area contributed by atoms with Gasteiger partial charge in [-0.1, -0.05) is 0 Å². The summed E-state index contributed by atoms with van der Waals surface area (Å²) in [6, 6.07) is -0.757. The minimum atomic E-state index is -3.27. The third-order valence-corrected chi connectivity index (χ3v) is 1.09. The van der Waals surface area contributed by atoms with E-state index in [1.165, 1.54) is 0 Å². The van der Waals surface area contributed by atoms with Crippen LogP contribution in [0.25, 0.3) is 0 Å². The molecule has 0 bridgehead atoms. The van der Waals surface area contributed by atoms with Gasteiger partial charge in [0.2, 0.25) is 10.6 Å². The van der Waals surface area contributed by atoms with Crippen LogP contribution < -0.4 is 4.74 Å². The number of nitrogens with zero attached hydrogens (tertiary/aromatic N) is 3. The van der Waals surface area contributed by atoms with E-state index in [1.54, 1.807) is 0 Å². The van der Waals surface area contributed by atoms with Gasteiger partial charge in [0.05, 0.1) is 7.45 Å². The molecule has 6 heteroatoms. The van der Waals surface area contributed by atoms with E-state index in [2.05, 4.69) is 19.7 Å². The summed E-state index contributed by atoms with van der Waals surface area (Å²) in [5, 5.41) is -0.845. The average molecular weight is 215 g/mol. The van der Waals surface area contributed by atoms with Gasteiger partial charge in [-0.05, 0) is 36.9 Å². The minimum absolute atomic E-state index is 0.423. The molecule has 0 spiro atoms. The molecule has 0 atom stereocenters. The number of aromatic nitrogens is 3. The van der Waals surface area contributed by atoms with Crippen LogP contribution >= 0.6 is 23.2 Å². The molecule has 0 radical (unpaired) electrons. The highest BCUT2D eigenvalue weighted by molar-refractivity contribution is 6.31. The molecule has 1 aromatic rings. The van der Waals surface area contributed by atoms with Crippen molar-refractivity contribution in [1.82, 2.24) is 15.0 Å². The molecule has 1 aromatic heterocycles. The van der Waals surface area contributed by atoms with Gasteiger partial charge in [-0.3, -0.25) is 0 Å². The largest absolute Gasteiger partial charge is 0.461 e. The highest BCUT2D eigenvalue weighted by Gasteiger charge is 2.05. The molecule has 0 amide bonds. The Morgan fingerprint density at radius 1 is 1.33 bits per heavy atom. The van der Waals surface area contributed by atoms with Crippen LogP contribution in [0.4, 0.5) is 0 Å². The zero-order valence-electron chi connectivity index (χ0n) is 12.5. The van der Waals surface area contributed by atoms with E-state index in [4.69, 9.17) is 32.8 Å². The zero-order chi connectivity index (χ0) is 15.1. The van der Waals surface area contributed by atoms with E-state index < -0.39 is 36.4 Å². The van der Waals surface area contributed by atoms with Crippen molar-refractivity contribution in [2.75, 3.05) is 0 Å². The van der Waals surface area contributed by atoms with Gasteiger partial charge < -0.3 is 4.74 Å². The van der Waals surface area contributed by atoms with Gasteiger partial charge in [-0.2, -0.15) is 15.0 Å². The SMILES string of the molecule is [2H]C([2H])([2H])C([2H])(Oc1nc(Cl)nc(Cl)n1)C([2H])([2H])[2H]. The van der Waals surface area contributed by atoms with Crippen molar-refractivity contribution < 1.29 is 14.3 Å². The van der Waals surface area contributed by atoms with Crippen LogP contribution in [0.3, 0.4) is 0 Å². The second-order valence-electron chi connectivity index (χ2n) is 1.59. The van der Waals surface area contributed by atoms with Gasteiger partial charge in [0.15, 0.2) is 0 Å². The van der Waals surface area contributed by atoms with Crippen LogP contribution in [0.1, 0.15) is 23.3 Å². The molecule has 0 aromatic carbocycles. The number of halogens is 2. The smallest absolute Gasteiger partial charge is 0.322 e. The minimum Gasteiger partial charge on any atom is -0.461 e. The van der Waals surface area contributed by atoms with Crippen LogP contribution in [0.2, 0.25) is 10.6 Å². The summed E-state index contributed by atoms with van der Waals surface area (Å²) in [6.45, 7) is -6.55. The van der Waals surface area contributed by atoms with Crippen molar-refractivity contribution in [3.8, 4) is 6.01 Å².